The van der Waals surface area contributed by atoms with Crippen molar-refractivity contribution in [2.75, 3.05) is 26.7 Å². The van der Waals surface area contributed by atoms with E-state index in [1.807, 2.05) is 18.0 Å². The second-order valence-corrected chi connectivity index (χ2v) is 7.53. The van der Waals surface area contributed by atoms with Crippen molar-refractivity contribution in [3.05, 3.63) is 70.8 Å². The lowest BCUT2D eigenvalue weighted by Crippen LogP contribution is -2.39. The first kappa shape index (κ1) is 18.7. The molecule has 26 heavy (non-hydrogen) atoms. The van der Waals surface area contributed by atoms with Crippen LogP contribution in [0.5, 0.6) is 0 Å². The molecule has 1 heterocycles. The summed E-state index contributed by atoms with van der Waals surface area (Å²) in [5.41, 5.74) is 4.83. The molecular formula is C23H30N2O. The molecule has 1 aliphatic heterocycles. The SMILES string of the molecule is Cc1ccc(CC(=O)N(C)[C@H](CN2CCCC2)c2ccccc2)cc1C. The molecule has 1 amide bonds. The Hall–Kier alpha value is -2.13. The molecule has 3 heteroatoms. The van der Waals surface area contributed by atoms with E-state index in [9.17, 15) is 4.79 Å². The minimum atomic E-state index is 0.105. The molecule has 0 unspecified atom stereocenters. The molecule has 2 aromatic carbocycles. The van der Waals surface area contributed by atoms with Gasteiger partial charge in [0, 0.05) is 13.6 Å². The van der Waals surface area contributed by atoms with E-state index in [4.69, 9.17) is 0 Å². The summed E-state index contributed by atoms with van der Waals surface area (Å²) in [6.07, 6.45) is 2.99. The quantitative estimate of drug-likeness (QED) is 0.782. The van der Waals surface area contributed by atoms with Gasteiger partial charge in [0.1, 0.15) is 0 Å². The Morgan fingerprint density at radius 2 is 1.73 bits per heavy atom. The summed E-state index contributed by atoms with van der Waals surface area (Å²) < 4.78 is 0. The first-order valence-corrected chi connectivity index (χ1v) is 9.63. The number of amides is 1. The van der Waals surface area contributed by atoms with Crippen LogP contribution in [0.2, 0.25) is 0 Å². The van der Waals surface area contributed by atoms with E-state index in [1.165, 1.54) is 29.5 Å². The number of nitrogens with zero attached hydrogens (tertiary/aromatic N) is 2. The number of rotatable bonds is 6. The zero-order valence-corrected chi connectivity index (χ0v) is 16.2. The second kappa shape index (κ2) is 8.50. The minimum absolute atomic E-state index is 0.105. The lowest BCUT2D eigenvalue weighted by Gasteiger charge is -2.32. The van der Waals surface area contributed by atoms with E-state index >= 15 is 0 Å². The number of benzene rings is 2. The van der Waals surface area contributed by atoms with Gasteiger partial charge in [0.25, 0.3) is 0 Å². The van der Waals surface area contributed by atoms with Crippen LogP contribution in [0.25, 0.3) is 0 Å². The molecule has 0 bridgehead atoms. The molecule has 1 saturated heterocycles. The van der Waals surface area contributed by atoms with Crippen LogP contribution in [0.4, 0.5) is 0 Å². The Labute approximate surface area is 157 Å². The lowest BCUT2D eigenvalue weighted by atomic mass is 10.0. The van der Waals surface area contributed by atoms with Crippen LogP contribution in [0.15, 0.2) is 48.5 Å². The van der Waals surface area contributed by atoms with E-state index in [0.29, 0.717) is 6.42 Å². The monoisotopic (exact) mass is 350 g/mol. The smallest absolute Gasteiger partial charge is 0.227 e. The van der Waals surface area contributed by atoms with E-state index in [1.54, 1.807) is 0 Å². The summed E-state index contributed by atoms with van der Waals surface area (Å²) in [4.78, 5) is 17.4. The third-order valence-electron chi connectivity index (χ3n) is 5.60. The molecule has 0 saturated carbocycles. The largest absolute Gasteiger partial charge is 0.337 e. The highest BCUT2D eigenvalue weighted by molar-refractivity contribution is 5.79. The molecular weight excluding hydrogens is 320 g/mol. The van der Waals surface area contributed by atoms with Crippen LogP contribution in [0.3, 0.4) is 0 Å². The predicted octanol–water partition coefficient (Wildman–Crippen LogP) is 4.14. The summed E-state index contributed by atoms with van der Waals surface area (Å²) in [6, 6.07) is 16.9. The zero-order chi connectivity index (χ0) is 18.5. The van der Waals surface area contributed by atoms with Crippen LogP contribution >= 0.6 is 0 Å². The average Bonchev–Trinajstić information content (AvgIpc) is 3.16. The van der Waals surface area contributed by atoms with Crippen LogP contribution in [-0.2, 0) is 11.2 Å². The van der Waals surface area contributed by atoms with Crippen molar-refractivity contribution in [3.63, 3.8) is 0 Å². The summed E-state index contributed by atoms with van der Waals surface area (Å²) in [6.45, 7) is 7.41. The fraction of sp³-hybridized carbons (Fsp3) is 0.435. The molecule has 0 spiro atoms. The molecule has 0 radical (unpaired) electrons. The summed E-state index contributed by atoms with van der Waals surface area (Å²) >= 11 is 0. The first-order chi connectivity index (χ1) is 12.5. The molecule has 2 aromatic rings. The van der Waals surface area contributed by atoms with E-state index in [0.717, 1.165) is 25.2 Å². The highest BCUT2D eigenvalue weighted by atomic mass is 16.2. The highest BCUT2D eigenvalue weighted by Gasteiger charge is 2.25. The Balaban J connectivity index is 1.75. The molecule has 0 aliphatic carbocycles. The van der Waals surface area contributed by atoms with Crippen molar-refractivity contribution in [3.8, 4) is 0 Å². The van der Waals surface area contributed by atoms with Gasteiger partial charge in [-0.05, 0) is 62.0 Å². The third-order valence-corrected chi connectivity index (χ3v) is 5.60. The Kier molecular flexibility index (Phi) is 6.10. The van der Waals surface area contributed by atoms with Gasteiger partial charge in [-0.15, -0.1) is 0 Å². The first-order valence-electron chi connectivity index (χ1n) is 9.63. The van der Waals surface area contributed by atoms with Gasteiger partial charge in [-0.2, -0.15) is 0 Å². The normalized spacial score (nSPS) is 15.8. The lowest BCUT2D eigenvalue weighted by molar-refractivity contribution is -0.131. The predicted molar refractivity (Wildman–Crippen MR) is 107 cm³/mol. The molecule has 0 aromatic heterocycles. The van der Waals surface area contributed by atoms with Gasteiger partial charge in [-0.25, -0.2) is 0 Å². The van der Waals surface area contributed by atoms with E-state index in [-0.39, 0.29) is 11.9 Å². The maximum absolute atomic E-state index is 13.0. The van der Waals surface area contributed by atoms with Crippen LogP contribution in [0, 0.1) is 13.8 Å². The third kappa shape index (κ3) is 4.53. The van der Waals surface area contributed by atoms with Crippen LogP contribution in [0.1, 0.15) is 41.1 Å². The molecule has 138 valence electrons. The van der Waals surface area contributed by atoms with E-state index in [2.05, 4.69) is 61.2 Å². The van der Waals surface area contributed by atoms with Crippen molar-refractivity contribution in [2.45, 2.75) is 39.2 Å². The number of hydrogen-bond acceptors (Lipinski definition) is 2. The van der Waals surface area contributed by atoms with Gasteiger partial charge in [0.05, 0.1) is 12.5 Å². The molecule has 1 fully saturated rings. The van der Waals surface area contributed by atoms with Gasteiger partial charge in [0.2, 0.25) is 5.91 Å². The van der Waals surface area contributed by atoms with Crippen molar-refractivity contribution < 1.29 is 4.79 Å². The second-order valence-electron chi connectivity index (χ2n) is 7.53. The molecule has 1 atom stereocenters. The number of hydrogen-bond donors (Lipinski definition) is 0. The van der Waals surface area contributed by atoms with Gasteiger partial charge < -0.3 is 9.80 Å². The minimum Gasteiger partial charge on any atom is -0.337 e. The maximum Gasteiger partial charge on any atom is 0.227 e. The van der Waals surface area contributed by atoms with E-state index < -0.39 is 0 Å². The number of likely N-dealkylation sites (N-methyl/N-ethyl adjacent to an activating group) is 1. The summed E-state index contributed by atoms with van der Waals surface area (Å²) in [5.74, 6) is 0.182. The summed E-state index contributed by atoms with van der Waals surface area (Å²) in [7, 11) is 1.96. The average molecular weight is 351 g/mol. The Morgan fingerprint density at radius 3 is 2.38 bits per heavy atom. The molecule has 3 nitrogen and oxygen atoms in total. The topological polar surface area (TPSA) is 23.6 Å². The standard InChI is InChI=1S/C23H30N2O/c1-18-11-12-20(15-19(18)2)16-23(26)24(3)22(17-25-13-7-8-14-25)21-9-5-4-6-10-21/h4-6,9-12,15,22H,7-8,13-14,16-17H2,1-3H3/t22-/m1/s1. The maximum atomic E-state index is 13.0. The van der Waals surface area contributed by atoms with Crippen molar-refractivity contribution in [2.24, 2.45) is 0 Å². The Morgan fingerprint density at radius 1 is 1.04 bits per heavy atom. The number of carbonyl (C=O) groups excluding carboxylic acids is 1. The zero-order valence-electron chi connectivity index (χ0n) is 16.2. The van der Waals surface area contributed by atoms with Crippen LogP contribution < -0.4 is 0 Å². The number of likely N-dealkylation sites (tertiary alicyclic amines) is 1. The molecule has 0 N–H and O–H groups in total. The number of carbonyl (C=O) groups is 1. The van der Waals surface area contributed by atoms with Gasteiger partial charge in [-0.3, -0.25) is 4.79 Å². The van der Waals surface area contributed by atoms with Gasteiger partial charge in [-0.1, -0.05) is 48.5 Å². The Bertz CT molecular complexity index is 735. The van der Waals surface area contributed by atoms with Gasteiger partial charge >= 0.3 is 0 Å². The fourth-order valence-electron chi connectivity index (χ4n) is 3.72. The highest BCUT2D eigenvalue weighted by Crippen LogP contribution is 2.24. The molecule has 3 rings (SSSR count). The van der Waals surface area contributed by atoms with Crippen molar-refractivity contribution >= 4 is 5.91 Å². The van der Waals surface area contributed by atoms with Gasteiger partial charge in [0.15, 0.2) is 0 Å². The summed E-state index contributed by atoms with van der Waals surface area (Å²) in [5, 5.41) is 0. The molecule has 1 aliphatic rings. The fourth-order valence-corrected chi connectivity index (χ4v) is 3.72. The number of aryl methyl sites for hydroxylation is 2. The van der Waals surface area contributed by atoms with Crippen LogP contribution in [-0.4, -0.2) is 42.4 Å². The van der Waals surface area contributed by atoms with Crippen molar-refractivity contribution in [1.29, 1.82) is 0 Å². The van der Waals surface area contributed by atoms with Crippen molar-refractivity contribution in [1.82, 2.24) is 9.80 Å².